The Morgan fingerprint density at radius 3 is 1.36 bits per heavy atom. The SMILES string of the molecule is CC.COc1ccc(OC)c(F)c1F. The lowest BCUT2D eigenvalue weighted by atomic mass is 10.3. The van der Waals surface area contributed by atoms with Gasteiger partial charge in [0.05, 0.1) is 14.2 Å². The maximum atomic E-state index is 12.9. The zero-order valence-corrected chi connectivity index (χ0v) is 8.73. The average molecular weight is 204 g/mol. The van der Waals surface area contributed by atoms with E-state index in [2.05, 4.69) is 9.47 Å². The Hall–Kier alpha value is -1.32. The van der Waals surface area contributed by atoms with Crippen molar-refractivity contribution in [3.05, 3.63) is 23.8 Å². The molecule has 0 spiro atoms. The van der Waals surface area contributed by atoms with Crippen molar-refractivity contribution in [2.45, 2.75) is 13.8 Å². The molecule has 0 N–H and O–H groups in total. The van der Waals surface area contributed by atoms with Crippen LogP contribution in [0.15, 0.2) is 12.1 Å². The molecule has 0 heterocycles. The van der Waals surface area contributed by atoms with Crippen LogP contribution in [-0.2, 0) is 0 Å². The van der Waals surface area contributed by atoms with Crippen LogP contribution in [0.25, 0.3) is 0 Å². The monoisotopic (exact) mass is 204 g/mol. The van der Waals surface area contributed by atoms with Gasteiger partial charge in [-0.05, 0) is 12.1 Å². The summed E-state index contributed by atoms with van der Waals surface area (Å²) in [6, 6.07) is 2.61. The van der Waals surface area contributed by atoms with E-state index in [1.807, 2.05) is 13.8 Å². The molecule has 0 aliphatic rings. The first-order valence-corrected chi connectivity index (χ1v) is 4.26. The Balaban J connectivity index is 0.000000791. The number of hydrogen-bond acceptors (Lipinski definition) is 2. The van der Waals surface area contributed by atoms with Crippen molar-refractivity contribution in [2.75, 3.05) is 14.2 Å². The molecular weight excluding hydrogens is 190 g/mol. The molecule has 1 aromatic rings. The molecule has 0 unspecified atom stereocenters. The molecule has 0 saturated carbocycles. The second-order valence-corrected chi connectivity index (χ2v) is 2.10. The first-order valence-electron chi connectivity index (χ1n) is 4.26. The third-order valence-electron chi connectivity index (χ3n) is 1.45. The fourth-order valence-corrected chi connectivity index (χ4v) is 0.829. The van der Waals surface area contributed by atoms with Gasteiger partial charge < -0.3 is 9.47 Å². The van der Waals surface area contributed by atoms with E-state index in [0.717, 1.165) is 0 Å². The number of rotatable bonds is 2. The van der Waals surface area contributed by atoms with Gasteiger partial charge in [-0.3, -0.25) is 0 Å². The minimum Gasteiger partial charge on any atom is -0.494 e. The van der Waals surface area contributed by atoms with Crippen LogP contribution in [0.5, 0.6) is 11.5 Å². The molecule has 0 aliphatic heterocycles. The van der Waals surface area contributed by atoms with Gasteiger partial charge in [-0.2, -0.15) is 8.78 Å². The topological polar surface area (TPSA) is 18.5 Å². The van der Waals surface area contributed by atoms with Crippen molar-refractivity contribution < 1.29 is 18.3 Å². The minimum absolute atomic E-state index is 0.131. The Morgan fingerprint density at radius 1 is 0.857 bits per heavy atom. The number of ether oxygens (including phenoxy) is 2. The van der Waals surface area contributed by atoms with Crippen molar-refractivity contribution in [2.24, 2.45) is 0 Å². The minimum atomic E-state index is -1.03. The summed E-state index contributed by atoms with van der Waals surface area (Å²) in [5.41, 5.74) is 0. The molecule has 0 bridgehead atoms. The molecule has 2 nitrogen and oxygen atoms in total. The number of halogens is 2. The first-order chi connectivity index (χ1) is 6.70. The van der Waals surface area contributed by atoms with Crippen molar-refractivity contribution >= 4 is 0 Å². The van der Waals surface area contributed by atoms with Crippen molar-refractivity contribution in [1.82, 2.24) is 0 Å². The van der Waals surface area contributed by atoms with E-state index in [0.29, 0.717) is 0 Å². The fourth-order valence-electron chi connectivity index (χ4n) is 0.829. The Morgan fingerprint density at radius 2 is 1.14 bits per heavy atom. The maximum Gasteiger partial charge on any atom is 0.204 e. The van der Waals surface area contributed by atoms with Crippen molar-refractivity contribution in [1.29, 1.82) is 0 Å². The third kappa shape index (κ3) is 2.58. The van der Waals surface area contributed by atoms with E-state index in [1.165, 1.54) is 26.4 Å². The number of hydrogen-bond donors (Lipinski definition) is 0. The molecule has 0 radical (unpaired) electrons. The van der Waals surface area contributed by atoms with E-state index in [-0.39, 0.29) is 11.5 Å². The highest BCUT2D eigenvalue weighted by molar-refractivity contribution is 5.34. The predicted molar refractivity (Wildman–Crippen MR) is 50.8 cm³/mol. The molecule has 14 heavy (non-hydrogen) atoms. The second-order valence-electron chi connectivity index (χ2n) is 2.10. The summed E-state index contributed by atoms with van der Waals surface area (Å²) >= 11 is 0. The van der Waals surface area contributed by atoms with Crippen LogP contribution in [0.2, 0.25) is 0 Å². The zero-order valence-electron chi connectivity index (χ0n) is 8.73. The summed E-state index contributed by atoms with van der Waals surface area (Å²) in [4.78, 5) is 0. The second kappa shape index (κ2) is 6.18. The molecule has 0 saturated heterocycles. The Kier molecular flexibility index (Phi) is 5.60. The first kappa shape index (κ1) is 12.7. The highest BCUT2D eigenvalue weighted by Gasteiger charge is 2.13. The van der Waals surface area contributed by atoms with Crippen molar-refractivity contribution in [3.63, 3.8) is 0 Å². The molecule has 80 valence electrons. The van der Waals surface area contributed by atoms with Gasteiger partial charge in [-0.25, -0.2) is 0 Å². The molecular formula is C10H14F2O2. The van der Waals surface area contributed by atoms with E-state index >= 15 is 0 Å². The van der Waals surface area contributed by atoms with Crippen LogP contribution in [0, 0.1) is 11.6 Å². The lowest BCUT2D eigenvalue weighted by Gasteiger charge is -2.05. The van der Waals surface area contributed by atoms with Crippen molar-refractivity contribution in [3.8, 4) is 11.5 Å². The smallest absolute Gasteiger partial charge is 0.204 e. The predicted octanol–water partition coefficient (Wildman–Crippen LogP) is 3.01. The Labute approximate surface area is 82.5 Å². The Bertz CT molecular complexity index is 259. The van der Waals surface area contributed by atoms with Crippen LogP contribution in [0.3, 0.4) is 0 Å². The lowest BCUT2D eigenvalue weighted by molar-refractivity contribution is 0.344. The zero-order chi connectivity index (χ0) is 11.1. The maximum absolute atomic E-state index is 12.9. The van der Waals surface area contributed by atoms with Crippen LogP contribution < -0.4 is 9.47 Å². The normalized spacial score (nSPS) is 8.71. The molecule has 0 atom stereocenters. The quantitative estimate of drug-likeness (QED) is 0.737. The van der Waals surface area contributed by atoms with Gasteiger partial charge in [-0.15, -0.1) is 0 Å². The van der Waals surface area contributed by atoms with Gasteiger partial charge in [-0.1, -0.05) is 13.8 Å². The van der Waals surface area contributed by atoms with E-state index in [9.17, 15) is 8.78 Å². The largest absolute Gasteiger partial charge is 0.494 e. The van der Waals surface area contributed by atoms with Gasteiger partial charge in [0.15, 0.2) is 11.5 Å². The third-order valence-corrected chi connectivity index (χ3v) is 1.45. The molecule has 4 heteroatoms. The number of benzene rings is 1. The van der Waals surface area contributed by atoms with Crippen LogP contribution in [-0.4, -0.2) is 14.2 Å². The van der Waals surface area contributed by atoms with Crippen LogP contribution >= 0.6 is 0 Å². The number of methoxy groups -OCH3 is 2. The highest BCUT2D eigenvalue weighted by atomic mass is 19.2. The molecule has 0 aromatic heterocycles. The fraction of sp³-hybridized carbons (Fsp3) is 0.400. The lowest BCUT2D eigenvalue weighted by Crippen LogP contribution is -1.95. The summed E-state index contributed by atoms with van der Waals surface area (Å²) in [5, 5.41) is 0. The van der Waals surface area contributed by atoms with Gasteiger partial charge in [0, 0.05) is 0 Å². The molecule has 0 fully saturated rings. The van der Waals surface area contributed by atoms with E-state index in [1.54, 1.807) is 0 Å². The van der Waals surface area contributed by atoms with E-state index < -0.39 is 11.6 Å². The van der Waals surface area contributed by atoms with E-state index in [4.69, 9.17) is 0 Å². The summed E-state index contributed by atoms with van der Waals surface area (Å²) < 4.78 is 34.8. The van der Waals surface area contributed by atoms with Gasteiger partial charge in [0.25, 0.3) is 0 Å². The summed E-state index contributed by atoms with van der Waals surface area (Å²) in [6.45, 7) is 4.00. The molecule has 0 amide bonds. The highest BCUT2D eigenvalue weighted by Crippen LogP contribution is 2.26. The van der Waals surface area contributed by atoms with Crippen LogP contribution in [0.1, 0.15) is 13.8 Å². The summed E-state index contributed by atoms with van der Waals surface area (Å²) in [6.07, 6.45) is 0. The van der Waals surface area contributed by atoms with Gasteiger partial charge in [0.1, 0.15) is 0 Å². The summed E-state index contributed by atoms with van der Waals surface area (Å²) in [7, 11) is 2.54. The molecule has 1 rings (SSSR count). The molecule has 0 aliphatic carbocycles. The van der Waals surface area contributed by atoms with Crippen LogP contribution in [0.4, 0.5) is 8.78 Å². The molecule has 1 aromatic carbocycles. The summed E-state index contributed by atoms with van der Waals surface area (Å²) in [5.74, 6) is -2.32. The standard InChI is InChI=1S/C8H8F2O2.C2H6/c1-11-5-3-4-6(12-2)8(10)7(5)9;1-2/h3-4H,1-2H3;1-2H3. The average Bonchev–Trinajstić information content (AvgIpc) is 2.25. The van der Waals surface area contributed by atoms with Gasteiger partial charge >= 0.3 is 0 Å². The van der Waals surface area contributed by atoms with Gasteiger partial charge in [0.2, 0.25) is 11.6 Å².